The number of carbonyl (C=O) groups excluding carboxylic acids is 2. The van der Waals surface area contributed by atoms with Gasteiger partial charge in [-0.2, -0.15) is 0 Å². The van der Waals surface area contributed by atoms with Crippen LogP contribution in [0, 0.1) is 5.41 Å². The number of aliphatic carboxylic acids is 1. The number of β-amino-alcohol motifs (C(OH)–C–C–N with tert-alkyl or cyclic N) is 1. The van der Waals surface area contributed by atoms with Crippen LogP contribution in [0.1, 0.15) is 43.7 Å². The number of ether oxygens (including phenoxy) is 1. The fourth-order valence-corrected chi connectivity index (χ4v) is 4.89. The molecular formula is C26H30N2O6. The van der Waals surface area contributed by atoms with E-state index in [0.29, 0.717) is 6.42 Å². The third-order valence-corrected chi connectivity index (χ3v) is 6.77. The number of aliphatic hydroxyl groups is 1. The number of alkyl carbamates (subject to hydrolysis) is 1. The maximum atomic E-state index is 12.9. The number of carboxylic acids is 1. The fraction of sp³-hybridized carbons (Fsp3) is 0.423. The molecule has 180 valence electrons. The Kier molecular flexibility index (Phi) is 6.61. The monoisotopic (exact) mass is 466 g/mol. The molecule has 34 heavy (non-hydrogen) atoms. The van der Waals surface area contributed by atoms with Crippen LogP contribution in [0.5, 0.6) is 0 Å². The molecule has 1 heterocycles. The van der Waals surface area contributed by atoms with Crippen LogP contribution >= 0.6 is 0 Å². The van der Waals surface area contributed by atoms with Crippen molar-refractivity contribution in [3.63, 3.8) is 0 Å². The van der Waals surface area contributed by atoms with Gasteiger partial charge in [0.1, 0.15) is 12.6 Å². The summed E-state index contributed by atoms with van der Waals surface area (Å²) in [6.45, 7) is 3.81. The summed E-state index contributed by atoms with van der Waals surface area (Å²) >= 11 is 0. The SMILES string of the molecule is CC(C)(CCNC(=O)OCC1c2ccccc2-c2ccccc21)C(=O)N1CC(O)C[C@H]1C(=O)O. The van der Waals surface area contributed by atoms with Gasteiger partial charge in [0, 0.05) is 30.8 Å². The van der Waals surface area contributed by atoms with Crippen molar-refractivity contribution in [3.05, 3.63) is 59.7 Å². The van der Waals surface area contributed by atoms with Crippen molar-refractivity contribution in [2.24, 2.45) is 5.41 Å². The molecule has 2 amide bonds. The summed E-state index contributed by atoms with van der Waals surface area (Å²) in [4.78, 5) is 38.0. The van der Waals surface area contributed by atoms with Crippen molar-refractivity contribution in [2.45, 2.75) is 44.8 Å². The van der Waals surface area contributed by atoms with E-state index in [9.17, 15) is 24.6 Å². The molecule has 0 saturated carbocycles. The third kappa shape index (κ3) is 4.63. The Hall–Kier alpha value is -3.39. The molecular weight excluding hydrogens is 436 g/mol. The van der Waals surface area contributed by atoms with Gasteiger partial charge in [-0.1, -0.05) is 62.4 Å². The van der Waals surface area contributed by atoms with Crippen molar-refractivity contribution in [2.75, 3.05) is 19.7 Å². The molecule has 1 aliphatic carbocycles. The zero-order valence-corrected chi connectivity index (χ0v) is 19.4. The van der Waals surface area contributed by atoms with E-state index in [0.717, 1.165) is 22.3 Å². The minimum absolute atomic E-state index is 0.000955. The van der Waals surface area contributed by atoms with Gasteiger partial charge in [-0.15, -0.1) is 0 Å². The summed E-state index contributed by atoms with van der Waals surface area (Å²) in [6, 6.07) is 15.2. The van der Waals surface area contributed by atoms with Crippen molar-refractivity contribution < 1.29 is 29.3 Å². The topological polar surface area (TPSA) is 116 Å². The Bertz CT molecular complexity index is 1050. The highest BCUT2D eigenvalue weighted by molar-refractivity contribution is 5.88. The minimum atomic E-state index is -1.13. The summed E-state index contributed by atoms with van der Waals surface area (Å²) in [6.07, 6.45) is -1.09. The summed E-state index contributed by atoms with van der Waals surface area (Å²) in [5, 5.41) is 21.9. The van der Waals surface area contributed by atoms with Crippen molar-refractivity contribution in [3.8, 4) is 11.1 Å². The van der Waals surface area contributed by atoms with Crippen LogP contribution in [0.3, 0.4) is 0 Å². The first-order valence-corrected chi connectivity index (χ1v) is 11.5. The maximum absolute atomic E-state index is 12.9. The lowest BCUT2D eigenvalue weighted by molar-refractivity contribution is -0.152. The number of fused-ring (bicyclic) bond motifs is 3. The molecule has 2 aromatic carbocycles. The molecule has 0 bridgehead atoms. The number of likely N-dealkylation sites (tertiary alicyclic amines) is 1. The van der Waals surface area contributed by atoms with E-state index in [-0.39, 0.29) is 37.9 Å². The molecule has 2 aliphatic rings. The molecule has 0 aromatic heterocycles. The van der Waals surface area contributed by atoms with Crippen LogP contribution < -0.4 is 5.32 Å². The Morgan fingerprint density at radius 1 is 1.06 bits per heavy atom. The van der Waals surface area contributed by atoms with Gasteiger partial charge in [0.05, 0.1) is 6.10 Å². The van der Waals surface area contributed by atoms with Gasteiger partial charge in [-0.3, -0.25) is 4.79 Å². The molecule has 3 N–H and O–H groups in total. The molecule has 0 spiro atoms. The molecule has 1 saturated heterocycles. The van der Waals surface area contributed by atoms with Gasteiger partial charge in [0.15, 0.2) is 0 Å². The number of aliphatic hydroxyl groups excluding tert-OH is 1. The second-order valence-electron chi connectivity index (χ2n) is 9.59. The summed E-state index contributed by atoms with van der Waals surface area (Å²) in [5.41, 5.74) is 3.65. The molecule has 0 radical (unpaired) electrons. The number of carboxylic acid groups (broad SMARTS) is 1. The van der Waals surface area contributed by atoms with Crippen LogP contribution in [0.2, 0.25) is 0 Å². The number of carbonyl (C=O) groups is 3. The molecule has 1 aliphatic heterocycles. The van der Waals surface area contributed by atoms with Crippen LogP contribution in [-0.2, 0) is 14.3 Å². The number of benzene rings is 2. The molecule has 2 atom stereocenters. The average molecular weight is 467 g/mol. The van der Waals surface area contributed by atoms with Crippen LogP contribution in [0.25, 0.3) is 11.1 Å². The van der Waals surface area contributed by atoms with Gasteiger partial charge in [-0.05, 0) is 28.7 Å². The largest absolute Gasteiger partial charge is 0.480 e. The van der Waals surface area contributed by atoms with E-state index in [1.165, 1.54) is 4.90 Å². The first-order valence-electron chi connectivity index (χ1n) is 11.5. The zero-order valence-electron chi connectivity index (χ0n) is 19.4. The lowest BCUT2D eigenvalue weighted by atomic mass is 9.87. The zero-order chi connectivity index (χ0) is 24.5. The van der Waals surface area contributed by atoms with Gasteiger partial charge >= 0.3 is 12.1 Å². The molecule has 2 aromatic rings. The first-order chi connectivity index (χ1) is 16.2. The normalized spacial score (nSPS) is 19.4. The van der Waals surface area contributed by atoms with E-state index in [2.05, 4.69) is 29.6 Å². The molecule has 8 nitrogen and oxygen atoms in total. The number of rotatable bonds is 7. The number of amides is 2. The summed E-state index contributed by atoms with van der Waals surface area (Å²) < 4.78 is 5.52. The Morgan fingerprint density at radius 3 is 2.24 bits per heavy atom. The standard InChI is InChI=1S/C26H30N2O6/c1-26(2,24(32)28-14-16(29)13-22(28)23(30)31)11-12-27-25(33)34-15-21-19-9-5-3-7-17(19)18-8-4-6-10-20(18)21/h3-10,16,21-22,29H,11-15H2,1-2H3,(H,27,33)(H,30,31)/t16?,22-/m0/s1. The second-order valence-corrected chi connectivity index (χ2v) is 9.59. The first kappa shape index (κ1) is 23.8. The van der Waals surface area contributed by atoms with Crippen LogP contribution in [-0.4, -0.2) is 64.9 Å². The van der Waals surface area contributed by atoms with Crippen molar-refractivity contribution >= 4 is 18.0 Å². The number of hydrogen-bond donors (Lipinski definition) is 3. The van der Waals surface area contributed by atoms with Crippen molar-refractivity contribution in [1.82, 2.24) is 10.2 Å². The van der Waals surface area contributed by atoms with Crippen LogP contribution in [0.15, 0.2) is 48.5 Å². The predicted molar refractivity (Wildman–Crippen MR) is 125 cm³/mol. The second kappa shape index (κ2) is 9.46. The van der Waals surface area contributed by atoms with E-state index >= 15 is 0 Å². The highest BCUT2D eigenvalue weighted by atomic mass is 16.5. The van der Waals surface area contributed by atoms with Gasteiger partial charge in [0.25, 0.3) is 0 Å². The quantitative estimate of drug-likeness (QED) is 0.578. The van der Waals surface area contributed by atoms with Gasteiger partial charge in [0.2, 0.25) is 5.91 Å². The number of nitrogens with zero attached hydrogens (tertiary/aromatic N) is 1. The molecule has 1 fully saturated rings. The highest BCUT2D eigenvalue weighted by Crippen LogP contribution is 2.44. The highest BCUT2D eigenvalue weighted by Gasteiger charge is 2.43. The Labute approximate surface area is 198 Å². The lowest BCUT2D eigenvalue weighted by Crippen LogP contribution is -2.47. The van der Waals surface area contributed by atoms with E-state index in [1.54, 1.807) is 13.8 Å². The number of nitrogens with one attached hydrogen (secondary N) is 1. The van der Waals surface area contributed by atoms with E-state index < -0.39 is 29.6 Å². The number of hydrogen-bond acceptors (Lipinski definition) is 5. The summed E-state index contributed by atoms with van der Waals surface area (Å²) in [5.74, 6) is -1.52. The van der Waals surface area contributed by atoms with Gasteiger partial charge in [-0.25, -0.2) is 9.59 Å². The molecule has 4 rings (SSSR count). The average Bonchev–Trinajstić information content (AvgIpc) is 3.35. The maximum Gasteiger partial charge on any atom is 0.407 e. The Balaban J connectivity index is 1.30. The lowest BCUT2D eigenvalue weighted by Gasteiger charge is -2.31. The smallest absolute Gasteiger partial charge is 0.407 e. The van der Waals surface area contributed by atoms with E-state index in [4.69, 9.17) is 4.74 Å². The van der Waals surface area contributed by atoms with Crippen LogP contribution in [0.4, 0.5) is 4.79 Å². The van der Waals surface area contributed by atoms with Crippen molar-refractivity contribution in [1.29, 1.82) is 0 Å². The molecule has 1 unspecified atom stereocenters. The van der Waals surface area contributed by atoms with E-state index in [1.807, 2.05) is 24.3 Å². The molecule has 8 heteroatoms. The fourth-order valence-electron chi connectivity index (χ4n) is 4.89. The third-order valence-electron chi connectivity index (χ3n) is 6.77. The Morgan fingerprint density at radius 2 is 1.65 bits per heavy atom. The predicted octanol–water partition coefficient (Wildman–Crippen LogP) is 2.99. The van der Waals surface area contributed by atoms with Gasteiger partial charge < -0.3 is 25.2 Å². The summed E-state index contributed by atoms with van der Waals surface area (Å²) in [7, 11) is 0. The minimum Gasteiger partial charge on any atom is -0.480 e.